The van der Waals surface area contributed by atoms with Crippen molar-refractivity contribution < 1.29 is 18.7 Å². The fourth-order valence-electron chi connectivity index (χ4n) is 5.11. The van der Waals surface area contributed by atoms with E-state index >= 15 is 0 Å². The topological polar surface area (TPSA) is 48.0 Å². The highest BCUT2D eigenvalue weighted by atomic mass is 28.3. The fourth-order valence-corrected chi connectivity index (χ4v) is 7.42. The summed E-state index contributed by atoms with van der Waals surface area (Å²) in [5, 5.41) is 2.48. The van der Waals surface area contributed by atoms with Gasteiger partial charge in [0, 0.05) is 25.9 Å². The molecule has 2 fully saturated rings. The van der Waals surface area contributed by atoms with E-state index in [9.17, 15) is 4.79 Å². The number of hydrogen-bond donors (Lipinski definition) is 0. The smallest absolute Gasteiger partial charge is 0.239 e. The van der Waals surface area contributed by atoms with Gasteiger partial charge in [-0.05, 0) is 29.6 Å². The number of β-lactam (4-membered cyclic amide) rings is 1. The van der Waals surface area contributed by atoms with E-state index < -0.39 is 9.04 Å². The van der Waals surface area contributed by atoms with Gasteiger partial charge in [-0.25, -0.2) is 0 Å². The van der Waals surface area contributed by atoms with E-state index in [0.29, 0.717) is 13.2 Å². The van der Waals surface area contributed by atoms with Crippen LogP contribution in [0, 0.1) is 5.92 Å². The second-order valence-electron chi connectivity index (χ2n) is 9.45. The predicted molar refractivity (Wildman–Crippen MR) is 138 cm³/mol. The van der Waals surface area contributed by atoms with Crippen LogP contribution in [0.15, 0.2) is 60.7 Å². The van der Waals surface area contributed by atoms with Crippen molar-refractivity contribution in [3.05, 3.63) is 60.7 Å². The second-order valence-corrected chi connectivity index (χ2v) is 11.9. The lowest BCUT2D eigenvalue weighted by Gasteiger charge is -2.45. The molecule has 0 spiro atoms. The van der Waals surface area contributed by atoms with Crippen molar-refractivity contribution in [1.29, 1.82) is 0 Å². The molecule has 0 unspecified atom stereocenters. The van der Waals surface area contributed by atoms with Crippen LogP contribution in [0.4, 0.5) is 0 Å². The lowest BCUT2D eigenvalue weighted by Crippen LogP contribution is -2.63. The minimum absolute atomic E-state index is 0.0266. The van der Waals surface area contributed by atoms with Gasteiger partial charge < -0.3 is 18.8 Å². The molecule has 2 aromatic rings. The third kappa shape index (κ3) is 5.79. The highest BCUT2D eigenvalue weighted by Gasteiger charge is 2.58. The molecule has 4 atom stereocenters. The summed E-state index contributed by atoms with van der Waals surface area (Å²) in [7, 11) is -1.86. The Kier molecular flexibility index (Phi) is 9.33. The summed E-state index contributed by atoms with van der Waals surface area (Å²) in [5.41, 5.74) is 0. The van der Waals surface area contributed by atoms with Crippen LogP contribution in [0.2, 0.25) is 0 Å². The first kappa shape index (κ1) is 25.1. The third-order valence-electron chi connectivity index (χ3n) is 7.06. The molecule has 34 heavy (non-hydrogen) atoms. The number of fused-ring (bicyclic) bond motifs is 1. The molecule has 2 saturated heterocycles. The molecule has 6 heteroatoms. The van der Waals surface area contributed by atoms with Crippen molar-refractivity contribution in [3.63, 3.8) is 0 Å². The maximum atomic E-state index is 13.3. The molecule has 1 amide bonds. The summed E-state index contributed by atoms with van der Waals surface area (Å²) in [4.78, 5) is 15.3. The van der Waals surface area contributed by atoms with E-state index in [0.717, 1.165) is 45.3 Å². The SMILES string of the molecule is CCCCOC[C@H]1[C@@H](OCCCC)C[C@@H]2[C@@H](CO[SiH](c3ccccc3)c3ccccc3)C(=O)N21. The number of amides is 1. The number of ether oxygens (including phenoxy) is 2. The van der Waals surface area contributed by atoms with Crippen molar-refractivity contribution in [1.82, 2.24) is 4.90 Å². The Morgan fingerprint density at radius 1 is 0.882 bits per heavy atom. The fraction of sp³-hybridized carbons (Fsp3) is 0.536. The predicted octanol–water partition coefficient (Wildman–Crippen LogP) is 3.14. The van der Waals surface area contributed by atoms with Gasteiger partial charge in [0.1, 0.15) is 0 Å². The number of carbonyl (C=O) groups excluding carboxylic acids is 1. The molecular weight excluding hydrogens is 442 g/mol. The van der Waals surface area contributed by atoms with Crippen molar-refractivity contribution in [2.45, 2.75) is 64.1 Å². The van der Waals surface area contributed by atoms with Gasteiger partial charge in [0.2, 0.25) is 14.9 Å². The standard InChI is InChI=1S/C28H39NO4Si/c1-3-5-17-31-21-26-27(32-18-6-4-2)19-25-24(28(30)29(25)26)20-33-34(22-13-9-7-10-14-22)23-15-11-8-12-16-23/h7-16,24-27,34H,3-6,17-21H2,1-2H3/t24-,25-,26+,27+/m1/s1. The Hall–Kier alpha value is -1.99. The summed E-state index contributed by atoms with van der Waals surface area (Å²) in [6.07, 6.45) is 5.26. The van der Waals surface area contributed by atoms with Gasteiger partial charge in [0.15, 0.2) is 0 Å². The average Bonchev–Trinajstić information content (AvgIpc) is 3.19. The average molecular weight is 482 g/mol. The van der Waals surface area contributed by atoms with Crippen LogP contribution in [0.5, 0.6) is 0 Å². The van der Waals surface area contributed by atoms with Gasteiger partial charge in [0.05, 0.1) is 24.7 Å². The van der Waals surface area contributed by atoms with Gasteiger partial charge in [-0.3, -0.25) is 4.79 Å². The van der Waals surface area contributed by atoms with E-state index in [2.05, 4.69) is 62.4 Å². The maximum Gasteiger partial charge on any atom is 0.239 e. The maximum absolute atomic E-state index is 13.3. The molecule has 2 aliphatic rings. The van der Waals surface area contributed by atoms with Gasteiger partial charge >= 0.3 is 0 Å². The summed E-state index contributed by atoms with van der Waals surface area (Å²) in [6, 6.07) is 21.1. The van der Waals surface area contributed by atoms with Crippen LogP contribution in [0.3, 0.4) is 0 Å². The van der Waals surface area contributed by atoms with Crippen LogP contribution >= 0.6 is 0 Å². The molecule has 0 bridgehead atoms. The lowest BCUT2D eigenvalue weighted by molar-refractivity contribution is -0.160. The van der Waals surface area contributed by atoms with Crippen molar-refractivity contribution >= 4 is 25.3 Å². The molecule has 0 radical (unpaired) electrons. The number of hydrogen-bond acceptors (Lipinski definition) is 4. The van der Waals surface area contributed by atoms with Gasteiger partial charge in [-0.1, -0.05) is 87.4 Å². The first-order valence-electron chi connectivity index (χ1n) is 13.0. The molecular formula is C28H39NO4Si. The first-order chi connectivity index (χ1) is 16.7. The number of benzene rings is 2. The molecule has 0 aromatic heterocycles. The van der Waals surface area contributed by atoms with Crippen LogP contribution in [0.1, 0.15) is 46.0 Å². The van der Waals surface area contributed by atoms with E-state index in [1.54, 1.807) is 0 Å². The quantitative estimate of drug-likeness (QED) is 0.236. The Morgan fingerprint density at radius 2 is 1.50 bits per heavy atom. The Labute approximate surface area is 206 Å². The molecule has 2 aliphatic heterocycles. The molecule has 2 aromatic carbocycles. The van der Waals surface area contributed by atoms with Crippen molar-refractivity contribution in [3.8, 4) is 0 Å². The van der Waals surface area contributed by atoms with E-state index in [-0.39, 0.29) is 30.0 Å². The third-order valence-corrected chi connectivity index (χ3v) is 9.57. The highest BCUT2D eigenvalue weighted by molar-refractivity contribution is 6.80. The Morgan fingerprint density at radius 3 is 2.12 bits per heavy atom. The van der Waals surface area contributed by atoms with E-state index in [1.807, 2.05) is 17.0 Å². The van der Waals surface area contributed by atoms with E-state index in [1.165, 1.54) is 10.4 Å². The van der Waals surface area contributed by atoms with Crippen LogP contribution in [-0.4, -0.2) is 64.5 Å². The zero-order valence-electron chi connectivity index (χ0n) is 20.6. The molecule has 0 aliphatic carbocycles. The summed E-state index contributed by atoms with van der Waals surface area (Å²) in [6.45, 7) is 6.88. The number of unbranched alkanes of at least 4 members (excludes halogenated alkanes) is 2. The van der Waals surface area contributed by atoms with Gasteiger partial charge in [-0.2, -0.15) is 0 Å². The monoisotopic (exact) mass is 481 g/mol. The Bertz CT molecular complexity index is 841. The largest absolute Gasteiger partial charge is 0.410 e. The minimum atomic E-state index is -1.86. The molecule has 0 N–H and O–H groups in total. The zero-order chi connectivity index (χ0) is 23.8. The van der Waals surface area contributed by atoms with Gasteiger partial charge in [0.25, 0.3) is 0 Å². The van der Waals surface area contributed by atoms with Crippen molar-refractivity contribution in [2.75, 3.05) is 26.4 Å². The number of carbonyl (C=O) groups is 1. The number of nitrogens with zero attached hydrogens (tertiary/aromatic N) is 1. The van der Waals surface area contributed by atoms with Gasteiger partial charge in [-0.15, -0.1) is 0 Å². The van der Waals surface area contributed by atoms with Crippen molar-refractivity contribution in [2.24, 2.45) is 5.92 Å². The molecule has 4 rings (SSSR count). The lowest BCUT2D eigenvalue weighted by atomic mass is 9.89. The van der Waals surface area contributed by atoms with Crippen LogP contribution in [0.25, 0.3) is 0 Å². The summed E-state index contributed by atoms with van der Waals surface area (Å²) in [5.74, 6) is 0.116. The first-order valence-corrected chi connectivity index (χ1v) is 14.6. The van der Waals surface area contributed by atoms with Crippen LogP contribution < -0.4 is 10.4 Å². The molecule has 2 heterocycles. The Balaban J connectivity index is 1.41. The minimum Gasteiger partial charge on any atom is -0.410 e. The normalized spacial score (nSPS) is 23.9. The van der Waals surface area contributed by atoms with Crippen LogP contribution in [-0.2, 0) is 18.7 Å². The van der Waals surface area contributed by atoms with E-state index in [4.69, 9.17) is 13.9 Å². The summed E-state index contributed by atoms with van der Waals surface area (Å²) >= 11 is 0. The zero-order valence-corrected chi connectivity index (χ0v) is 21.8. The second kappa shape index (κ2) is 12.6. The molecule has 184 valence electrons. The molecule has 0 saturated carbocycles. The number of rotatable bonds is 14. The summed E-state index contributed by atoms with van der Waals surface area (Å²) < 4.78 is 18.8. The highest BCUT2D eigenvalue weighted by Crippen LogP contribution is 2.41. The molecule has 5 nitrogen and oxygen atoms in total.